The van der Waals surface area contributed by atoms with Crippen LogP contribution >= 0.6 is 34.8 Å². The molecule has 0 atom stereocenters. The van der Waals surface area contributed by atoms with Crippen LogP contribution in [0.3, 0.4) is 0 Å². The second-order valence-corrected chi connectivity index (χ2v) is 4.14. The Morgan fingerprint density at radius 3 is 2.38 bits per heavy atom. The third-order valence-electron chi connectivity index (χ3n) is 1.74. The Labute approximate surface area is 108 Å². The van der Waals surface area contributed by atoms with Crippen LogP contribution in [0.1, 0.15) is 5.56 Å². The van der Waals surface area contributed by atoms with E-state index in [9.17, 15) is 4.39 Å². The molecule has 6 heteroatoms. The Bertz CT molecular complexity index is 386. The van der Waals surface area contributed by atoms with Crippen molar-refractivity contribution in [3.63, 3.8) is 0 Å². The van der Waals surface area contributed by atoms with Crippen LogP contribution in [0.5, 0.6) is 0 Å². The number of rotatable bonds is 4. The van der Waals surface area contributed by atoms with Gasteiger partial charge in [0.15, 0.2) is 0 Å². The number of benzene rings is 1. The minimum Gasteiger partial charge on any atom is -0.280 e. The summed E-state index contributed by atoms with van der Waals surface area (Å²) in [4.78, 5) is 4.60. The number of hydrogen-bond donors (Lipinski definition) is 1. The van der Waals surface area contributed by atoms with E-state index < -0.39 is 6.67 Å². The molecule has 0 aliphatic heterocycles. The molecule has 0 bridgehead atoms. The molecule has 2 nitrogen and oxygen atoms in total. The summed E-state index contributed by atoms with van der Waals surface area (Å²) >= 11 is 17.6. The Balaban J connectivity index is 3.12. The molecule has 88 valence electrons. The SMILES string of the molecule is CONC(=Cc1c(Cl)cc(Cl)cc1Cl)CF. The molecule has 0 aliphatic carbocycles. The van der Waals surface area contributed by atoms with Crippen LogP contribution in [0.4, 0.5) is 4.39 Å². The van der Waals surface area contributed by atoms with Gasteiger partial charge in [0.1, 0.15) is 6.67 Å². The van der Waals surface area contributed by atoms with Crippen molar-refractivity contribution >= 4 is 40.9 Å². The lowest BCUT2D eigenvalue weighted by atomic mass is 10.2. The van der Waals surface area contributed by atoms with Gasteiger partial charge in [-0.05, 0) is 18.2 Å². The molecule has 1 aromatic carbocycles. The van der Waals surface area contributed by atoms with Crippen LogP contribution in [0.15, 0.2) is 17.8 Å². The highest BCUT2D eigenvalue weighted by Gasteiger charge is 2.07. The molecule has 0 spiro atoms. The first-order valence-corrected chi connectivity index (χ1v) is 5.42. The van der Waals surface area contributed by atoms with Crippen LogP contribution in [-0.2, 0) is 4.84 Å². The third kappa shape index (κ3) is 3.52. The average Bonchev–Trinajstić information content (AvgIpc) is 2.21. The molecule has 0 saturated heterocycles. The van der Waals surface area contributed by atoms with E-state index in [4.69, 9.17) is 34.8 Å². The van der Waals surface area contributed by atoms with Gasteiger partial charge in [0.05, 0.1) is 22.9 Å². The first-order valence-electron chi connectivity index (χ1n) is 4.28. The smallest absolute Gasteiger partial charge is 0.131 e. The second-order valence-electron chi connectivity index (χ2n) is 2.89. The van der Waals surface area contributed by atoms with Crippen LogP contribution in [0.25, 0.3) is 6.08 Å². The maximum atomic E-state index is 12.5. The molecule has 1 rings (SSSR count). The lowest BCUT2D eigenvalue weighted by Gasteiger charge is -2.07. The standard InChI is InChI=1S/C10H9Cl3FNO/c1-16-15-7(5-14)4-8-9(12)2-6(11)3-10(8)13/h2-4,15H,5H2,1H3. The van der Waals surface area contributed by atoms with E-state index in [1.165, 1.54) is 25.3 Å². The summed E-state index contributed by atoms with van der Waals surface area (Å²) < 4.78 is 12.5. The number of hydrogen-bond acceptors (Lipinski definition) is 2. The summed E-state index contributed by atoms with van der Waals surface area (Å²) in [5.41, 5.74) is 3.09. The van der Waals surface area contributed by atoms with Crippen molar-refractivity contribution in [2.45, 2.75) is 0 Å². The molecule has 0 aromatic heterocycles. The van der Waals surface area contributed by atoms with E-state index in [1.54, 1.807) is 0 Å². The van der Waals surface area contributed by atoms with Gasteiger partial charge in [0, 0.05) is 10.6 Å². The van der Waals surface area contributed by atoms with Crippen LogP contribution < -0.4 is 5.48 Å². The van der Waals surface area contributed by atoms with Gasteiger partial charge in [0.25, 0.3) is 0 Å². The molecule has 0 aliphatic rings. The molecular formula is C10H9Cl3FNO. The predicted molar refractivity (Wildman–Crippen MR) is 65.6 cm³/mol. The zero-order valence-corrected chi connectivity index (χ0v) is 10.6. The van der Waals surface area contributed by atoms with Crippen molar-refractivity contribution < 1.29 is 9.23 Å². The second kappa shape index (κ2) is 6.30. The molecule has 0 unspecified atom stereocenters. The topological polar surface area (TPSA) is 21.3 Å². The molecule has 0 heterocycles. The van der Waals surface area contributed by atoms with E-state index in [2.05, 4.69) is 10.3 Å². The van der Waals surface area contributed by atoms with Crippen molar-refractivity contribution in [2.75, 3.05) is 13.8 Å². The van der Waals surface area contributed by atoms with Gasteiger partial charge in [0.2, 0.25) is 0 Å². The molecule has 0 fully saturated rings. The summed E-state index contributed by atoms with van der Waals surface area (Å²) in [7, 11) is 1.38. The zero-order chi connectivity index (χ0) is 12.1. The molecule has 1 N–H and O–H groups in total. The van der Waals surface area contributed by atoms with E-state index in [1.807, 2.05) is 0 Å². The highest BCUT2D eigenvalue weighted by molar-refractivity contribution is 6.40. The number of nitrogens with one attached hydrogen (secondary N) is 1. The molecule has 0 radical (unpaired) electrons. The van der Waals surface area contributed by atoms with Crippen molar-refractivity contribution in [2.24, 2.45) is 0 Å². The Morgan fingerprint density at radius 2 is 1.94 bits per heavy atom. The van der Waals surface area contributed by atoms with Gasteiger partial charge >= 0.3 is 0 Å². The monoisotopic (exact) mass is 283 g/mol. The number of allylic oxidation sites excluding steroid dienone is 1. The van der Waals surface area contributed by atoms with Crippen molar-refractivity contribution in [1.29, 1.82) is 0 Å². The first-order chi connectivity index (χ1) is 7.58. The van der Waals surface area contributed by atoms with Crippen LogP contribution in [0.2, 0.25) is 15.1 Å². The Morgan fingerprint density at radius 1 is 1.38 bits per heavy atom. The molecular weight excluding hydrogens is 275 g/mol. The van der Waals surface area contributed by atoms with Crippen molar-refractivity contribution in [3.8, 4) is 0 Å². The van der Waals surface area contributed by atoms with Crippen molar-refractivity contribution in [1.82, 2.24) is 5.48 Å². The molecule has 0 amide bonds. The quantitative estimate of drug-likeness (QED) is 0.840. The Hall–Kier alpha value is -0.480. The van der Waals surface area contributed by atoms with E-state index in [0.29, 0.717) is 20.6 Å². The number of hydroxylamine groups is 1. The summed E-state index contributed by atoms with van der Waals surface area (Å²) in [5.74, 6) is 0. The fraction of sp³-hybridized carbons (Fsp3) is 0.200. The largest absolute Gasteiger partial charge is 0.280 e. The summed E-state index contributed by atoms with van der Waals surface area (Å²) in [6.07, 6.45) is 1.46. The fourth-order valence-corrected chi connectivity index (χ4v) is 2.02. The highest BCUT2D eigenvalue weighted by atomic mass is 35.5. The number of alkyl halides is 1. The summed E-state index contributed by atoms with van der Waals surface area (Å²) in [5, 5.41) is 1.12. The normalized spacial score (nSPS) is 11.7. The number of halogens is 4. The minimum atomic E-state index is -0.719. The lowest BCUT2D eigenvalue weighted by molar-refractivity contribution is 0.113. The van der Waals surface area contributed by atoms with Crippen LogP contribution in [-0.4, -0.2) is 13.8 Å². The maximum Gasteiger partial charge on any atom is 0.131 e. The lowest BCUT2D eigenvalue weighted by Crippen LogP contribution is -2.12. The van der Waals surface area contributed by atoms with Gasteiger partial charge in [-0.25, -0.2) is 4.39 Å². The van der Waals surface area contributed by atoms with Gasteiger partial charge < -0.3 is 0 Å². The molecule has 1 aromatic rings. The molecule has 16 heavy (non-hydrogen) atoms. The maximum absolute atomic E-state index is 12.5. The Kier molecular flexibility index (Phi) is 5.35. The predicted octanol–water partition coefficient (Wildman–Crippen LogP) is 4.11. The van der Waals surface area contributed by atoms with Gasteiger partial charge in [-0.1, -0.05) is 34.8 Å². The van der Waals surface area contributed by atoms with Gasteiger partial charge in [-0.3, -0.25) is 10.3 Å². The first kappa shape index (κ1) is 13.6. The van der Waals surface area contributed by atoms with E-state index in [0.717, 1.165) is 0 Å². The third-order valence-corrected chi connectivity index (χ3v) is 2.58. The highest BCUT2D eigenvalue weighted by Crippen LogP contribution is 2.30. The minimum absolute atomic E-state index is 0.216. The summed E-state index contributed by atoms with van der Waals surface area (Å²) in [6, 6.07) is 3.06. The van der Waals surface area contributed by atoms with E-state index >= 15 is 0 Å². The fourth-order valence-electron chi connectivity index (χ4n) is 1.09. The molecule has 0 saturated carbocycles. The van der Waals surface area contributed by atoms with Crippen LogP contribution in [0, 0.1) is 0 Å². The average molecular weight is 285 g/mol. The zero-order valence-electron chi connectivity index (χ0n) is 8.36. The summed E-state index contributed by atoms with van der Waals surface area (Å²) in [6.45, 7) is -0.719. The van der Waals surface area contributed by atoms with Gasteiger partial charge in [-0.15, -0.1) is 0 Å². The van der Waals surface area contributed by atoms with Crippen molar-refractivity contribution in [3.05, 3.63) is 38.5 Å². The van der Waals surface area contributed by atoms with E-state index in [-0.39, 0.29) is 5.70 Å². The van der Waals surface area contributed by atoms with Gasteiger partial charge in [-0.2, -0.15) is 0 Å².